The van der Waals surface area contributed by atoms with Gasteiger partial charge in [0.2, 0.25) is 0 Å². The van der Waals surface area contributed by atoms with Crippen molar-refractivity contribution >= 4 is 27.3 Å². The molecular formula is C15H19FN2OS. The molecule has 0 aliphatic rings. The van der Waals surface area contributed by atoms with Gasteiger partial charge in [-0.05, 0) is 41.6 Å². The van der Waals surface area contributed by atoms with Gasteiger partial charge in [-0.2, -0.15) is 0 Å². The highest BCUT2D eigenvalue weighted by Crippen LogP contribution is 2.27. The number of rotatable bonds is 4. The van der Waals surface area contributed by atoms with Crippen molar-refractivity contribution < 1.29 is 9.18 Å². The summed E-state index contributed by atoms with van der Waals surface area (Å²) in [6, 6.07) is 6.31. The van der Waals surface area contributed by atoms with Gasteiger partial charge in [-0.15, -0.1) is 11.3 Å². The van der Waals surface area contributed by atoms with Crippen LogP contribution in [0.1, 0.15) is 23.5 Å². The summed E-state index contributed by atoms with van der Waals surface area (Å²) in [7, 11) is 1.77. The van der Waals surface area contributed by atoms with Gasteiger partial charge in [-0.25, -0.2) is 4.39 Å². The lowest BCUT2D eigenvalue weighted by Crippen LogP contribution is -2.39. The highest BCUT2D eigenvalue weighted by atomic mass is 32.1. The van der Waals surface area contributed by atoms with E-state index in [0.29, 0.717) is 18.0 Å². The van der Waals surface area contributed by atoms with Crippen molar-refractivity contribution in [2.24, 2.45) is 11.1 Å². The molecular weight excluding hydrogens is 275 g/mol. The summed E-state index contributed by atoms with van der Waals surface area (Å²) in [6.07, 6.45) is 0. The monoisotopic (exact) mass is 294 g/mol. The molecule has 5 heteroatoms. The largest absolute Gasteiger partial charge is 0.340 e. The summed E-state index contributed by atoms with van der Waals surface area (Å²) in [6.45, 7) is 5.15. The number of hydrogen-bond donors (Lipinski definition) is 1. The molecule has 0 bridgehead atoms. The summed E-state index contributed by atoms with van der Waals surface area (Å²) >= 11 is 1.39. The molecule has 2 rings (SSSR count). The van der Waals surface area contributed by atoms with E-state index in [1.165, 1.54) is 23.5 Å². The number of fused-ring (bicyclic) bond motifs is 1. The molecule has 0 atom stereocenters. The van der Waals surface area contributed by atoms with Crippen LogP contribution in [0.4, 0.5) is 4.39 Å². The first-order valence-corrected chi connectivity index (χ1v) is 7.29. The molecule has 1 amide bonds. The molecule has 1 aromatic heterocycles. The molecule has 2 N–H and O–H groups in total. The Morgan fingerprint density at radius 2 is 2.10 bits per heavy atom. The van der Waals surface area contributed by atoms with Crippen LogP contribution in [-0.4, -0.2) is 30.9 Å². The second-order valence-corrected chi connectivity index (χ2v) is 6.91. The lowest BCUT2D eigenvalue weighted by molar-refractivity contribution is 0.0745. The molecule has 0 radical (unpaired) electrons. The highest BCUT2D eigenvalue weighted by molar-refractivity contribution is 7.20. The van der Waals surface area contributed by atoms with Gasteiger partial charge in [-0.1, -0.05) is 13.8 Å². The average Bonchev–Trinajstić information content (AvgIpc) is 2.80. The highest BCUT2D eigenvalue weighted by Gasteiger charge is 2.23. The smallest absolute Gasteiger partial charge is 0.263 e. The Bertz CT molecular complexity index is 636. The van der Waals surface area contributed by atoms with Crippen molar-refractivity contribution in [3.63, 3.8) is 0 Å². The van der Waals surface area contributed by atoms with E-state index >= 15 is 0 Å². The first kappa shape index (κ1) is 14.9. The third-order valence-corrected chi connectivity index (χ3v) is 4.36. The van der Waals surface area contributed by atoms with Crippen LogP contribution in [0.2, 0.25) is 0 Å². The van der Waals surface area contributed by atoms with Crippen LogP contribution in [0.15, 0.2) is 24.3 Å². The molecule has 0 aliphatic heterocycles. The van der Waals surface area contributed by atoms with E-state index < -0.39 is 0 Å². The van der Waals surface area contributed by atoms with E-state index in [9.17, 15) is 9.18 Å². The van der Waals surface area contributed by atoms with E-state index in [2.05, 4.69) is 0 Å². The molecule has 0 fully saturated rings. The Labute approximate surface area is 122 Å². The molecule has 2 aromatic rings. The summed E-state index contributed by atoms with van der Waals surface area (Å²) in [5.74, 6) is -0.333. The van der Waals surface area contributed by atoms with Crippen LogP contribution in [-0.2, 0) is 0 Å². The van der Waals surface area contributed by atoms with Crippen LogP contribution in [0.3, 0.4) is 0 Å². The Morgan fingerprint density at radius 1 is 1.40 bits per heavy atom. The second-order valence-electron chi connectivity index (χ2n) is 5.82. The number of halogens is 1. The summed E-state index contributed by atoms with van der Waals surface area (Å²) in [5, 5.41) is 0.768. The molecule has 0 unspecified atom stereocenters. The fourth-order valence-electron chi connectivity index (χ4n) is 2.09. The first-order chi connectivity index (χ1) is 9.32. The van der Waals surface area contributed by atoms with Crippen LogP contribution < -0.4 is 5.73 Å². The van der Waals surface area contributed by atoms with E-state index in [4.69, 9.17) is 5.73 Å². The van der Waals surface area contributed by atoms with Gasteiger partial charge in [0.15, 0.2) is 0 Å². The number of thiophene rings is 1. The maximum atomic E-state index is 13.2. The molecule has 1 heterocycles. The van der Waals surface area contributed by atoms with Crippen molar-refractivity contribution in [3.8, 4) is 0 Å². The zero-order valence-corrected chi connectivity index (χ0v) is 12.8. The summed E-state index contributed by atoms with van der Waals surface area (Å²) in [4.78, 5) is 14.7. The first-order valence-electron chi connectivity index (χ1n) is 6.47. The van der Waals surface area contributed by atoms with Gasteiger partial charge in [0, 0.05) is 18.3 Å². The van der Waals surface area contributed by atoms with Crippen LogP contribution in [0.25, 0.3) is 10.1 Å². The van der Waals surface area contributed by atoms with Gasteiger partial charge >= 0.3 is 0 Å². The predicted molar refractivity (Wildman–Crippen MR) is 81.6 cm³/mol. The number of carbonyl (C=O) groups is 1. The minimum absolute atomic E-state index is 0.0480. The SMILES string of the molecule is CN(CC(C)(C)CN)C(=O)c1cc2cc(F)ccc2s1. The van der Waals surface area contributed by atoms with Crippen molar-refractivity contribution in [3.05, 3.63) is 35.0 Å². The Kier molecular flexibility index (Phi) is 4.11. The quantitative estimate of drug-likeness (QED) is 0.942. The van der Waals surface area contributed by atoms with Gasteiger partial charge in [0.1, 0.15) is 5.82 Å². The minimum Gasteiger partial charge on any atom is -0.340 e. The molecule has 0 spiro atoms. The van der Waals surface area contributed by atoms with Gasteiger partial charge in [-0.3, -0.25) is 4.79 Å². The van der Waals surface area contributed by atoms with Crippen molar-refractivity contribution in [2.45, 2.75) is 13.8 Å². The Balaban J connectivity index is 2.22. The molecule has 1 aromatic carbocycles. The summed E-state index contributed by atoms with van der Waals surface area (Å²) in [5.41, 5.74) is 5.58. The fraction of sp³-hybridized carbons (Fsp3) is 0.400. The van der Waals surface area contributed by atoms with Crippen LogP contribution >= 0.6 is 11.3 Å². The summed E-state index contributed by atoms with van der Waals surface area (Å²) < 4.78 is 14.1. The van der Waals surface area contributed by atoms with Gasteiger partial charge < -0.3 is 10.6 Å². The standard InChI is InChI=1S/C15H19FN2OS/c1-15(2,8-17)9-18(3)14(19)13-7-10-6-11(16)4-5-12(10)20-13/h4-7H,8-9,17H2,1-3H3. The zero-order chi connectivity index (χ0) is 14.9. The van der Waals surface area contributed by atoms with Crippen molar-refractivity contribution in [1.82, 2.24) is 4.90 Å². The number of nitrogens with two attached hydrogens (primary N) is 1. The third kappa shape index (κ3) is 3.16. The molecule has 3 nitrogen and oxygen atoms in total. The van der Waals surface area contributed by atoms with Crippen molar-refractivity contribution in [2.75, 3.05) is 20.1 Å². The fourth-order valence-corrected chi connectivity index (χ4v) is 3.12. The van der Waals surface area contributed by atoms with Gasteiger partial charge in [0.05, 0.1) is 4.88 Å². The van der Waals surface area contributed by atoms with Crippen LogP contribution in [0.5, 0.6) is 0 Å². The predicted octanol–water partition coefficient (Wildman–Crippen LogP) is 3.10. The topological polar surface area (TPSA) is 46.3 Å². The normalized spacial score (nSPS) is 11.8. The maximum Gasteiger partial charge on any atom is 0.263 e. The molecule has 0 saturated carbocycles. The van der Waals surface area contributed by atoms with E-state index in [-0.39, 0.29) is 17.1 Å². The Morgan fingerprint density at radius 3 is 2.75 bits per heavy atom. The number of carbonyl (C=O) groups excluding carboxylic acids is 1. The second kappa shape index (κ2) is 5.50. The molecule has 0 saturated heterocycles. The minimum atomic E-state index is -0.285. The zero-order valence-electron chi connectivity index (χ0n) is 11.9. The Hall–Kier alpha value is -1.46. The lowest BCUT2D eigenvalue weighted by Gasteiger charge is -2.28. The van der Waals surface area contributed by atoms with E-state index in [1.807, 2.05) is 13.8 Å². The lowest BCUT2D eigenvalue weighted by atomic mass is 9.93. The molecule has 20 heavy (non-hydrogen) atoms. The van der Waals surface area contributed by atoms with Crippen LogP contribution in [0, 0.1) is 11.2 Å². The number of nitrogens with zero attached hydrogens (tertiary/aromatic N) is 1. The van der Waals surface area contributed by atoms with Gasteiger partial charge in [0.25, 0.3) is 5.91 Å². The van der Waals surface area contributed by atoms with Crippen molar-refractivity contribution in [1.29, 1.82) is 0 Å². The number of benzene rings is 1. The maximum absolute atomic E-state index is 13.2. The average molecular weight is 294 g/mol. The number of hydrogen-bond acceptors (Lipinski definition) is 3. The molecule has 0 aliphatic carbocycles. The van der Waals surface area contributed by atoms with E-state index in [0.717, 1.165) is 10.1 Å². The number of amides is 1. The molecule has 108 valence electrons. The van der Waals surface area contributed by atoms with E-state index in [1.54, 1.807) is 24.1 Å². The third-order valence-electron chi connectivity index (χ3n) is 3.25.